The van der Waals surface area contributed by atoms with Gasteiger partial charge < -0.3 is 15.2 Å². The number of nitrogens with zero attached hydrogens (tertiary/aromatic N) is 1. The van der Waals surface area contributed by atoms with Crippen molar-refractivity contribution in [2.45, 2.75) is 19.4 Å². The predicted octanol–water partition coefficient (Wildman–Crippen LogP) is 1.81. The Labute approximate surface area is 115 Å². The normalized spacial score (nSPS) is 18.2. The highest BCUT2D eigenvalue weighted by Crippen LogP contribution is 2.25. The van der Waals surface area contributed by atoms with Crippen molar-refractivity contribution in [3.63, 3.8) is 0 Å². The molecule has 1 aromatic carbocycles. The van der Waals surface area contributed by atoms with Gasteiger partial charge in [-0.2, -0.15) is 0 Å². The van der Waals surface area contributed by atoms with Crippen LogP contribution in [0.3, 0.4) is 0 Å². The second kappa shape index (κ2) is 7.48. The van der Waals surface area contributed by atoms with Gasteiger partial charge in [-0.25, -0.2) is 0 Å². The summed E-state index contributed by atoms with van der Waals surface area (Å²) in [5.74, 6) is 0.921. The van der Waals surface area contributed by atoms with Gasteiger partial charge in [0, 0.05) is 31.2 Å². The molecule has 1 atom stereocenters. The fourth-order valence-electron chi connectivity index (χ4n) is 2.25. The van der Waals surface area contributed by atoms with Crippen LogP contribution in [0.15, 0.2) is 24.3 Å². The average Bonchev–Trinajstić information content (AvgIpc) is 2.48. The lowest BCUT2D eigenvalue weighted by atomic mass is 10.0. The number of rotatable bonds is 6. The first-order valence-corrected chi connectivity index (χ1v) is 7.08. The van der Waals surface area contributed by atoms with Gasteiger partial charge >= 0.3 is 0 Å². The van der Waals surface area contributed by atoms with Crippen LogP contribution in [-0.2, 0) is 4.74 Å². The Morgan fingerprint density at radius 3 is 2.79 bits per heavy atom. The van der Waals surface area contributed by atoms with Crippen LogP contribution in [-0.4, -0.2) is 44.4 Å². The lowest BCUT2D eigenvalue weighted by Crippen LogP contribution is -2.38. The second-order valence-electron chi connectivity index (χ2n) is 4.86. The molecule has 0 amide bonds. The molecule has 19 heavy (non-hydrogen) atoms. The first-order chi connectivity index (χ1) is 9.31. The number of nitrogens with two attached hydrogens (primary N) is 1. The maximum Gasteiger partial charge on any atom is 0.124 e. The van der Waals surface area contributed by atoms with E-state index >= 15 is 0 Å². The van der Waals surface area contributed by atoms with Crippen LogP contribution in [0.2, 0.25) is 0 Å². The molecule has 0 aromatic heterocycles. The maximum absolute atomic E-state index is 6.10. The minimum atomic E-state index is 0.0552. The van der Waals surface area contributed by atoms with E-state index in [1.807, 2.05) is 18.2 Å². The molecule has 1 saturated heterocycles. The van der Waals surface area contributed by atoms with E-state index in [-0.39, 0.29) is 6.04 Å². The molecule has 4 heteroatoms. The predicted molar refractivity (Wildman–Crippen MR) is 76.4 cm³/mol. The van der Waals surface area contributed by atoms with Crippen molar-refractivity contribution in [2.75, 3.05) is 39.5 Å². The van der Waals surface area contributed by atoms with E-state index in [4.69, 9.17) is 15.2 Å². The SMILES string of the molecule is CC[C@@H](N)c1ccccc1OCCN1CCOCC1. The number of morpholine rings is 1. The molecule has 0 unspecified atom stereocenters. The van der Waals surface area contributed by atoms with Crippen LogP contribution in [0.1, 0.15) is 24.9 Å². The summed E-state index contributed by atoms with van der Waals surface area (Å²) < 4.78 is 11.2. The van der Waals surface area contributed by atoms with Gasteiger partial charge in [-0.3, -0.25) is 4.90 Å². The topological polar surface area (TPSA) is 47.7 Å². The molecule has 2 N–H and O–H groups in total. The number of para-hydroxylation sites is 1. The summed E-state index contributed by atoms with van der Waals surface area (Å²) in [4.78, 5) is 2.37. The van der Waals surface area contributed by atoms with Gasteiger partial charge in [0.25, 0.3) is 0 Å². The van der Waals surface area contributed by atoms with Crippen molar-refractivity contribution in [1.29, 1.82) is 0 Å². The Morgan fingerprint density at radius 2 is 2.05 bits per heavy atom. The summed E-state index contributed by atoms with van der Waals surface area (Å²) in [6, 6.07) is 8.12. The third kappa shape index (κ3) is 4.20. The van der Waals surface area contributed by atoms with E-state index in [9.17, 15) is 0 Å². The number of hydrogen-bond donors (Lipinski definition) is 1. The molecule has 1 aliphatic rings. The van der Waals surface area contributed by atoms with Gasteiger partial charge in [-0.05, 0) is 12.5 Å². The van der Waals surface area contributed by atoms with Gasteiger partial charge in [0.2, 0.25) is 0 Å². The van der Waals surface area contributed by atoms with E-state index in [0.717, 1.165) is 50.6 Å². The molecule has 2 rings (SSSR count). The first-order valence-electron chi connectivity index (χ1n) is 7.08. The van der Waals surface area contributed by atoms with Crippen molar-refractivity contribution in [3.8, 4) is 5.75 Å². The summed E-state index contributed by atoms with van der Waals surface area (Å²) in [5, 5.41) is 0. The van der Waals surface area contributed by atoms with Gasteiger partial charge in [-0.1, -0.05) is 25.1 Å². The molecule has 1 heterocycles. The summed E-state index contributed by atoms with van der Waals surface area (Å²) in [7, 11) is 0. The highest BCUT2D eigenvalue weighted by atomic mass is 16.5. The van der Waals surface area contributed by atoms with E-state index in [1.54, 1.807) is 0 Å². The van der Waals surface area contributed by atoms with E-state index in [0.29, 0.717) is 6.61 Å². The van der Waals surface area contributed by atoms with Crippen LogP contribution in [0, 0.1) is 0 Å². The molecule has 1 aliphatic heterocycles. The van der Waals surface area contributed by atoms with E-state index < -0.39 is 0 Å². The molecule has 0 spiro atoms. The molecule has 1 aromatic rings. The third-order valence-electron chi connectivity index (χ3n) is 3.53. The zero-order valence-corrected chi connectivity index (χ0v) is 11.7. The van der Waals surface area contributed by atoms with Crippen LogP contribution in [0.5, 0.6) is 5.75 Å². The molecule has 1 fully saturated rings. The fourth-order valence-corrected chi connectivity index (χ4v) is 2.25. The molecule has 0 bridgehead atoms. The van der Waals surface area contributed by atoms with Gasteiger partial charge in [0.05, 0.1) is 13.2 Å². The van der Waals surface area contributed by atoms with Crippen molar-refractivity contribution < 1.29 is 9.47 Å². The molecule has 0 aliphatic carbocycles. The minimum Gasteiger partial charge on any atom is -0.492 e. The summed E-state index contributed by atoms with van der Waals surface area (Å²) in [5.41, 5.74) is 7.21. The molecule has 0 saturated carbocycles. The van der Waals surface area contributed by atoms with E-state index in [1.165, 1.54) is 0 Å². The largest absolute Gasteiger partial charge is 0.492 e. The van der Waals surface area contributed by atoms with Crippen LogP contribution >= 0.6 is 0 Å². The van der Waals surface area contributed by atoms with Crippen molar-refractivity contribution in [3.05, 3.63) is 29.8 Å². The van der Waals surface area contributed by atoms with Crippen LogP contribution < -0.4 is 10.5 Å². The number of benzene rings is 1. The van der Waals surface area contributed by atoms with Gasteiger partial charge in [-0.15, -0.1) is 0 Å². The lowest BCUT2D eigenvalue weighted by molar-refractivity contribution is 0.0322. The maximum atomic E-state index is 6.10. The lowest BCUT2D eigenvalue weighted by Gasteiger charge is -2.26. The van der Waals surface area contributed by atoms with Crippen molar-refractivity contribution in [2.24, 2.45) is 5.73 Å². The molecular formula is C15H24N2O2. The Kier molecular flexibility index (Phi) is 5.63. The molecule has 106 valence electrons. The second-order valence-corrected chi connectivity index (χ2v) is 4.86. The summed E-state index contributed by atoms with van der Waals surface area (Å²) >= 11 is 0. The van der Waals surface area contributed by atoms with Gasteiger partial charge in [0.15, 0.2) is 0 Å². The van der Waals surface area contributed by atoms with Crippen LogP contribution in [0.25, 0.3) is 0 Å². The molecule has 0 radical (unpaired) electrons. The highest BCUT2D eigenvalue weighted by Gasteiger charge is 2.12. The Balaban J connectivity index is 1.84. The fraction of sp³-hybridized carbons (Fsp3) is 0.600. The molecular weight excluding hydrogens is 240 g/mol. The Morgan fingerprint density at radius 1 is 1.32 bits per heavy atom. The first kappa shape index (κ1) is 14.3. The monoisotopic (exact) mass is 264 g/mol. The highest BCUT2D eigenvalue weighted by molar-refractivity contribution is 5.35. The number of ether oxygens (including phenoxy) is 2. The van der Waals surface area contributed by atoms with Crippen LogP contribution in [0.4, 0.5) is 0 Å². The van der Waals surface area contributed by atoms with Crippen molar-refractivity contribution in [1.82, 2.24) is 4.90 Å². The van der Waals surface area contributed by atoms with E-state index in [2.05, 4.69) is 17.9 Å². The third-order valence-corrected chi connectivity index (χ3v) is 3.53. The summed E-state index contributed by atoms with van der Waals surface area (Å²) in [6.45, 7) is 7.40. The average molecular weight is 264 g/mol. The Bertz CT molecular complexity index is 378. The Hall–Kier alpha value is -1.10. The number of hydrogen-bond acceptors (Lipinski definition) is 4. The zero-order chi connectivity index (χ0) is 13.5. The quantitative estimate of drug-likeness (QED) is 0.851. The standard InChI is InChI=1S/C15H24N2O2/c1-2-14(16)13-5-3-4-6-15(13)19-12-9-17-7-10-18-11-8-17/h3-6,14H,2,7-12,16H2,1H3/t14-/m1/s1. The van der Waals surface area contributed by atoms with Crippen molar-refractivity contribution >= 4 is 0 Å². The summed E-state index contributed by atoms with van der Waals surface area (Å²) in [6.07, 6.45) is 0.920. The minimum absolute atomic E-state index is 0.0552. The van der Waals surface area contributed by atoms with Gasteiger partial charge in [0.1, 0.15) is 12.4 Å². The molecule has 4 nitrogen and oxygen atoms in total. The zero-order valence-electron chi connectivity index (χ0n) is 11.7. The smallest absolute Gasteiger partial charge is 0.124 e.